The second-order valence-corrected chi connectivity index (χ2v) is 4.21. The van der Waals surface area contributed by atoms with E-state index in [2.05, 4.69) is 6.58 Å². The average Bonchev–Trinajstić information content (AvgIpc) is 2.26. The summed E-state index contributed by atoms with van der Waals surface area (Å²) in [5.74, 6) is 0.898. The Labute approximate surface area is 98.1 Å². The third-order valence-corrected chi connectivity index (χ3v) is 2.36. The molecule has 0 amide bonds. The molecule has 16 heavy (non-hydrogen) atoms. The molecule has 1 atom stereocenters. The van der Waals surface area contributed by atoms with Crippen molar-refractivity contribution in [2.45, 2.75) is 38.8 Å². The highest BCUT2D eigenvalue weighted by Gasteiger charge is 2.05. The fraction of sp³-hybridized carbons (Fsp3) is 0.429. The largest absolute Gasteiger partial charge is 0.491 e. The second kappa shape index (κ2) is 6.33. The van der Waals surface area contributed by atoms with Crippen molar-refractivity contribution >= 4 is 0 Å². The van der Waals surface area contributed by atoms with E-state index in [9.17, 15) is 0 Å². The van der Waals surface area contributed by atoms with Gasteiger partial charge in [-0.1, -0.05) is 18.2 Å². The average molecular weight is 219 g/mol. The molecule has 0 aliphatic heterocycles. The van der Waals surface area contributed by atoms with Crippen LogP contribution in [0.15, 0.2) is 36.9 Å². The first-order valence-electron chi connectivity index (χ1n) is 5.76. The van der Waals surface area contributed by atoms with Crippen LogP contribution in [0, 0.1) is 0 Å². The predicted molar refractivity (Wildman–Crippen MR) is 68.6 cm³/mol. The summed E-state index contributed by atoms with van der Waals surface area (Å²) in [6.45, 7) is 7.73. The summed E-state index contributed by atoms with van der Waals surface area (Å²) in [6, 6.07) is 8.11. The molecule has 1 aromatic rings. The monoisotopic (exact) mass is 219 g/mol. The number of allylic oxidation sites excluding steroid dienone is 1. The van der Waals surface area contributed by atoms with Crippen molar-refractivity contribution in [2.75, 3.05) is 0 Å². The molecule has 0 aliphatic carbocycles. The molecule has 0 saturated carbocycles. The van der Waals surface area contributed by atoms with Gasteiger partial charge in [-0.05, 0) is 44.4 Å². The van der Waals surface area contributed by atoms with E-state index in [0.29, 0.717) is 0 Å². The summed E-state index contributed by atoms with van der Waals surface area (Å²) in [5.41, 5.74) is 7.19. The molecule has 0 unspecified atom stereocenters. The molecule has 1 aromatic carbocycles. The van der Waals surface area contributed by atoms with Crippen LogP contribution in [0.2, 0.25) is 0 Å². The van der Waals surface area contributed by atoms with E-state index in [1.54, 1.807) is 0 Å². The van der Waals surface area contributed by atoms with Gasteiger partial charge in [0.1, 0.15) is 5.75 Å². The van der Waals surface area contributed by atoms with Crippen molar-refractivity contribution in [3.05, 3.63) is 42.5 Å². The minimum absolute atomic E-state index is 0.0890. The maximum Gasteiger partial charge on any atom is 0.119 e. The summed E-state index contributed by atoms with van der Waals surface area (Å²) < 4.78 is 5.57. The second-order valence-electron chi connectivity index (χ2n) is 4.21. The van der Waals surface area contributed by atoms with Gasteiger partial charge in [0, 0.05) is 6.04 Å². The Hall–Kier alpha value is -1.28. The van der Waals surface area contributed by atoms with Gasteiger partial charge in [-0.3, -0.25) is 0 Å². The lowest BCUT2D eigenvalue weighted by atomic mass is 10.0. The zero-order valence-corrected chi connectivity index (χ0v) is 10.1. The van der Waals surface area contributed by atoms with Crippen molar-refractivity contribution in [3.8, 4) is 5.75 Å². The van der Waals surface area contributed by atoms with Gasteiger partial charge in [-0.2, -0.15) is 0 Å². The minimum atomic E-state index is 0.0890. The van der Waals surface area contributed by atoms with Crippen LogP contribution in [0.1, 0.15) is 38.3 Å². The van der Waals surface area contributed by atoms with E-state index in [1.165, 1.54) is 0 Å². The Morgan fingerprint density at radius 1 is 1.31 bits per heavy atom. The maximum atomic E-state index is 6.04. The van der Waals surface area contributed by atoms with Crippen molar-refractivity contribution in [2.24, 2.45) is 5.73 Å². The Kier molecular flexibility index (Phi) is 5.06. The fourth-order valence-corrected chi connectivity index (χ4v) is 1.53. The molecule has 0 aromatic heterocycles. The molecule has 0 saturated heterocycles. The van der Waals surface area contributed by atoms with Crippen LogP contribution >= 0.6 is 0 Å². The number of rotatable bonds is 6. The van der Waals surface area contributed by atoms with Crippen LogP contribution in [-0.4, -0.2) is 6.10 Å². The van der Waals surface area contributed by atoms with Crippen molar-refractivity contribution in [1.29, 1.82) is 0 Å². The molecule has 2 nitrogen and oxygen atoms in total. The molecular formula is C14H21NO. The third kappa shape index (κ3) is 4.07. The van der Waals surface area contributed by atoms with Gasteiger partial charge < -0.3 is 10.5 Å². The van der Waals surface area contributed by atoms with Gasteiger partial charge in [0.2, 0.25) is 0 Å². The molecule has 0 heterocycles. The molecule has 2 heteroatoms. The number of nitrogens with two attached hydrogens (primary N) is 1. The van der Waals surface area contributed by atoms with Gasteiger partial charge in [-0.25, -0.2) is 0 Å². The van der Waals surface area contributed by atoms with Crippen LogP contribution in [0.25, 0.3) is 0 Å². The smallest absolute Gasteiger partial charge is 0.119 e. The first-order valence-corrected chi connectivity index (χ1v) is 5.76. The molecule has 0 fully saturated rings. The zero-order valence-electron chi connectivity index (χ0n) is 10.1. The van der Waals surface area contributed by atoms with E-state index >= 15 is 0 Å². The van der Waals surface area contributed by atoms with E-state index in [0.717, 1.165) is 24.2 Å². The zero-order chi connectivity index (χ0) is 12.0. The van der Waals surface area contributed by atoms with Gasteiger partial charge in [0.05, 0.1) is 6.10 Å². The molecule has 1 rings (SSSR count). The molecular weight excluding hydrogens is 198 g/mol. The lowest BCUT2D eigenvalue weighted by Gasteiger charge is -2.13. The lowest BCUT2D eigenvalue weighted by molar-refractivity contribution is 0.242. The lowest BCUT2D eigenvalue weighted by Crippen LogP contribution is -2.10. The van der Waals surface area contributed by atoms with Crippen molar-refractivity contribution in [1.82, 2.24) is 0 Å². The van der Waals surface area contributed by atoms with Crippen molar-refractivity contribution < 1.29 is 4.74 Å². The van der Waals surface area contributed by atoms with Crippen LogP contribution in [-0.2, 0) is 0 Å². The van der Waals surface area contributed by atoms with Crippen LogP contribution < -0.4 is 10.5 Å². The van der Waals surface area contributed by atoms with Gasteiger partial charge in [-0.15, -0.1) is 6.58 Å². The predicted octanol–water partition coefficient (Wildman–Crippen LogP) is 3.44. The summed E-state index contributed by atoms with van der Waals surface area (Å²) in [6.07, 6.45) is 4.00. The molecule has 0 aliphatic rings. The quantitative estimate of drug-likeness (QED) is 0.744. The van der Waals surface area contributed by atoms with E-state index in [4.69, 9.17) is 10.5 Å². The van der Waals surface area contributed by atoms with Gasteiger partial charge in [0.25, 0.3) is 0 Å². The number of hydrogen-bond donors (Lipinski definition) is 1. The summed E-state index contributed by atoms with van der Waals surface area (Å²) >= 11 is 0. The van der Waals surface area contributed by atoms with Gasteiger partial charge in [0.15, 0.2) is 0 Å². The molecule has 0 radical (unpaired) electrons. The maximum absolute atomic E-state index is 6.04. The number of ether oxygens (including phenoxy) is 1. The first kappa shape index (κ1) is 12.8. The SMILES string of the molecule is C=CCC[C@@H](N)c1ccc(OC(C)C)cc1. The Balaban J connectivity index is 2.59. The molecule has 88 valence electrons. The third-order valence-electron chi connectivity index (χ3n) is 2.36. The van der Waals surface area contributed by atoms with Crippen LogP contribution in [0.4, 0.5) is 0 Å². The highest BCUT2D eigenvalue weighted by Crippen LogP contribution is 2.20. The normalized spacial score (nSPS) is 12.5. The molecule has 0 bridgehead atoms. The standard InChI is InChI=1S/C14H21NO/c1-4-5-6-14(15)12-7-9-13(10-8-12)16-11(2)3/h4,7-11,14H,1,5-6,15H2,2-3H3/t14-/m1/s1. The topological polar surface area (TPSA) is 35.2 Å². The van der Waals surface area contributed by atoms with Gasteiger partial charge >= 0.3 is 0 Å². The number of hydrogen-bond acceptors (Lipinski definition) is 2. The Morgan fingerprint density at radius 3 is 2.44 bits per heavy atom. The van der Waals surface area contributed by atoms with E-state index in [1.807, 2.05) is 44.2 Å². The van der Waals surface area contributed by atoms with Crippen molar-refractivity contribution in [3.63, 3.8) is 0 Å². The van der Waals surface area contributed by atoms with E-state index < -0.39 is 0 Å². The Bertz CT molecular complexity index is 316. The molecule has 0 spiro atoms. The summed E-state index contributed by atoms with van der Waals surface area (Å²) in [7, 11) is 0. The summed E-state index contributed by atoms with van der Waals surface area (Å²) in [5, 5.41) is 0. The van der Waals surface area contributed by atoms with Crippen LogP contribution in [0.5, 0.6) is 5.75 Å². The fourth-order valence-electron chi connectivity index (χ4n) is 1.53. The molecule has 2 N–H and O–H groups in total. The summed E-state index contributed by atoms with van der Waals surface area (Å²) in [4.78, 5) is 0. The van der Waals surface area contributed by atoms with Crippen LogP contribution in [0.3, 0.4) is 0 Å². The minimum Gasteiger partial charge on any atom is -0.491 e. The number of benzene rings is 1. The Morgan fingerprint density at radius 2 is 1.94 bits per heavy atom. The highest BCUT2D eigenvalue weighted by molar-refractivity contribution is 5.29. The highest BCUT2D eigenvalue weighted by atomic mass is 16.5. The first-order chi connectivity index (χ1) is 7.63. The van der Waals surface area contributed by atoms with E-state index in [-0.39, 0.29) is 12.1 Å².